The van der Waals surface area contributed by atoms with Crippen molar-refractivity contribution < 1.29 is 0 Å². The fourth-order valence-corrected chi connectivity index (χ4v) is 3.41. The zero-order chi connectivity index (χ0) is 8.15. The minimum Gasteiger partial charge on any atom is -0.314 e. The Hall–Kier alpha value is 0.427. The maximum Gasteiger partial charge on any atom is 0.286 e. The second kappa shape index (κ2) is 5.13. The second-order valence-electron chi connectivity index (χ2n) is 3.01. The average molecular weight is 181 g/mol. The van der Waals surface area contributed by atoms with Crippen LogP contribution in [-0.2, 0) is 0 Å². The summed E-state index contributed by atoms with van der Waals surface area (Å²) in [6, 6.07) is 0.973. The topological polar surface area (TPSA) is 24.1 Å². The third kappa shape index (κ3) is 6.55. The highest BCUT2D eigenvalue weighted by Crippen LogP contribution is 1.86. The van der Waals surface area contributed by atoms with Crippen LogP contribution in [0.4, 0.5) is 0 Å². The lowest BCUT2D eigenvalue weighted by atomic mass is 10.4. The van der Waals surface area contributed by atoms with Gasteiger partial charge < -0.3 is 9.96 Å². The summed E-state index contributed by atoms with van der Waals surface area (Å²) in [5.74, 6) is 0. The lowest BCUT2D eigenvalue weighted by Crippen LogP contribution is -2.48. The van der Waals surface area contributed by atoms with Crippen molar-refractivity contribution in [2.75, 3.05) is 0 Å². The fraction of sp³-hybridized carbons (Fsp3) is 1.00. The highest BCUT2D eigenvalue weighted by molar-refractivity contribution is 7.04. The summed E-state index contributed by atoms with van der Waals surface area (Å²) < 4.78 is 0. The predicted octanol–water partition coefficient (Wildman–Crippen LogP) is 0.938. The van der Waals surface area contributed by atoms with E-state index >= 15 is 0 Å². The maximum absolute atomic E-state index is 5.99. The molecule has 0 aromatic rings. The molecule has 0 aliphatic carbocycles. The van der Waals surface area contributed by atoms with Gasteiger partial charge in [-0.3, -0.25) is 0 Å². The minimum absolute atomic E-state index is 0.486. The largest absolute Gasteiger partial charge is 0.314 e. The highest BCUT2D eigenvalue weighted by Gasteiger charge is 2.08. The molecule has 0 saturated heterocycles. The molecule has 0 amide bonds. The quantitative estimate of drug-likeness (QED) is 0.497. The molecular weight excluding hydrogens is 164 g/mol. The third-order valence-electron chi connectivity index (χ3n) is 0.959. The Morgan fingerprint density at radius 1 is 1.00 bits per heavy atom. The molecule has 0 aromatic heterocycles. The van der Waals surface area contributed by atoms with Crippen molar-refractivity contribution in [3.8, 4) is 0 Å². The van der Waals surface area contributed by atoms with E-state index in [1.165, 1.54) is 0 Å². The summed E-state index contributed by atoms with van der Waals surface area (Å²) in [6.45, 7) is 8.41. The van der Waals surface area contributed by atoms with Crippen LogP contribution in [0, 0.1) is 0 Å². The van der Waals surface area contributed by atoms with Gasteiger partial charge in [0.25, 0.3) is 8.43 Å². The summed E-state index contributed by atoms with van der Waals surface area (Å²) in [7, 11) is -1.35. The van der Waals surface area contributed by atoms with Crippen molar-refractivity contribution in [2.45, 2.75) is 39.8 Å². The molecule has 10 heavy (non-hydrogen) atoms. The van der Waals surface area contributed by atoms with Crippen molar-refractivity contribution in [3.05, 3.63) is 0 Å². The fourth-order valence-electron chi connectivity index (χ4n) is 0.633. The van der Waals surface area contributed by atoms with Crippen LogP contribution in [0.1, 0.15) is 27.7 Å². The third-order valence-corrected chi connectivity index (χ3v) is 3.63. The zero-order valence-corrected chi connectivity index (χ0v) is 9.02. The molecule has 2 nitrogen and oxygen atoms in total. The van der Waals surface area contributed by atoms with E-state index in [-0.39, 0.29) is 0 Å². The van der Waals surface area contributed by atoms with Gasteiger partial charge in [0.15, 0.2) is 0 Å². The lowest BCUT2D eigenvalue weighted by Gasteiger charge is -2.16. The van der Waals surface area contributed by atoms with Crippen LogP contribution >= 0.6 is 11.1 Å². The summed E-state index contributed by atoms with van der Waals surface area (Å²) in [6.07, 6.45) is 0. The molecule has 0 saturated carbocycles. The predicted molar refractivity (Wildman–Crippen MR) is 49.5 cm³/mol. The molecule has 0 unspecified atom stereocenters. The smallest absolute Gasteiger partial charge is 0.286 e. The van der Waals surface area contributed by atoms with E-state index < -0.39 is 8.43 Å². The van der Waals surface area contributed by atoms with Gasteiger partial charge in [-0.25, -0.2) is 0 Å². The summed E-state index contributed by atoms with van der Waals surface area (Å²) in [4.78, 5) is 6.53. The molecule has 0 aliphatic heterocycles. The summed E-state index contributed by atoms with van der Waals surface area (Å²) in [5, 5.41) is 0. The van der Waals surface area contributed by atoms with E-state index in [0.29, 0.717) is 12.1 Å². The van der Waals surface area contributed by atoms with E-state index in [4.69, 9.17) is 11.1 Å². The van der Waals surface area contributed by atoms with E-state index in [1.54, 1.807) is 0 Å². The summed E-state index contributed by atoms with van der Waals surface area (Å²) >= 11 is 5.99. The second-order valence-corrected chi connectivity index (χ2v) is 5.71. The van der Waals surface area contributed by atoms with Gasteiger partial charge in [-0.05, 0) is 12.1 Å². The molecule has 0 heterocycles. The Bertz CT molecular complexity index is 77.8. The minimum atomic E-state index is -1.35. The first kappa shape index (κ1) is 10.4. The molecule has 0 atom stereocenters. The van der Waals surface area contributed by atoms with Gasteiger partial charge in [0, 0.05) is 0 Å². The lowest BCUT2D eigenvalue weighted by molar-refractivity contribution is 0.694. The first-order valence-corrected chi connectivity index (χ1v) is 6.58. The highest BCUT2D eigenvalue weighted by atomic mass is 35.6. The van der Waals surface area contributed by atoms with E-state index in [0.717, 1.165) is 0 Å². The Morgan fingerprint density at radius 2 is 1.30 bits per heavy atom. The van der Waals surface area contributed by atoms with Crippen molar-refractivity contribution in [3.63, 3.8) is 0 Å². The standard InChI is InChI=1S/C6H17ClN2Si/c1-5(2)8-10(7)9-6(3)4/h5-6,8-10H,1-4H3. The molecule has 0 aromatic carbocycles. The molecule has 0 radical (unpaired) electrons. The van der Waals surface area contributed by atoms with E-state index in [2.05, 4.69) is 37.7 Å². The average Bonchev–Trinajstić information content (AvgIpc) is 1.58. The molecule has 2 N–H and O–H groups in total. The zero-order valence-electron chi connectivity index (χ0n) is 7.11. The Balaban J connectivity index is 3.34. The first-order chi connectivity index (χ1) is 4.52. The number of hydrogen-bond donors (Lipinski definition) is 2. The van der Waals surface area contributed by atoms with Gasteiger partial charge in [0.1, 0.15) is 0 Å². The molecule has 62 valence electrons. The van der Waals surface area contributed by atoms with Crippen LogP contribution in [0.25, 0.3) is 0 Å². The van der Waals surface area contributed by atoms with Crippen LogP contribution in [0.2, 0.25) is 0 Å². The van der Waals surface area contributed by atoms with Crippen LogP contribution < -0.4 is 9.96 Å². The van der Waals surface area contributed by atoms with Gasteiger partial charge in [-0.1, -0.05) is 27.7 Å². The van der Waals surface area contributed by atoms with Gasteiger partial charge in [0.05, 0.1) is 0 Å². The molecular formula is C6H17ClN2Si. The van der Waals surface area contributed by atoms with Gasteiger partial charge in [-0.2, -0.15) is 0 Å². The molecule has 4 heteroatoms. The maximum atomic E-state index is 5.99. The number of rotatable bonds is 4. The number of halogens is 1. The van der Waals surface area contributed by atoms with E-state index in [9.17, 15) is 0 Å². The molecule has 0 bridgehead atoms. The van der Waals surface area contributed by atoms with E-state index in [1.807, 2.05) is 0 Å². The number of nitrogens with one attached hydrogen (secondary N) is 2. The SMILES string of the molecule is CC(C)N[SiH](Cl)NC(C)C. The van der Waals surface area contributed by atoms with Gasteiger partial charge >= 0.3 is 0 Å². The van der Waals surface area contributed by atoms with Crippen molar-refractivity contribution in [2.24, 2.45) is 0 Å². The van der Waals surface area contributed by atoms with Crippen molar-refractivity contribution in [1.82, 2.24) is 9.96 Å². The Kier molecular flexibility index (Phi) is 5.35. The Labute approximate surface area is 69.8 Å². The van der Waals surface area contributed by atoms with Crippen molar-refractivity contribution in [1.29, 1.82) is 0 Å². The van der Waals surface area contributed by atoms with Crippen LogP contribution in [-0.4, -0.2) is 20.5 Å². The first-order valence-electron chi connectivity index (χ1n) is 3.68. The van der Waals surface area contributed by atoms with Crippen LogP contribution in [0.5, 0.6) is 0 Å². The molecule has 0 aliphatic rings. The van der Waals surface area contributed by atoms with Crippen LogP contribution in [0.3, 0.4) is 0 Å². The van der Waals surface area contributed by atoms with Gasteiger partial charge in [0.2, 0.25) is 0 Å². The molecule has 0 rings (SSSR count). The van der Waals surface area contributed by atoms with Gasteiger partial charge in [-0.15, -0.1) is 11.1 Å². The Morgan fingerprint density at radius 3 is 1.50 bits per heavy atom. The van der Waals surface area contributed by atoms with Crippen molar-refractivity contribution >= 4 is 19.5 Å². The normalized spacial score (nSPS) is 12.0. The van der Waals surface area contributed by atoms with Crippen LogP contribution in [0.15, 0.2) is 0 Å². The molecule has 0 fully saturated rings. The monoisotopic (exact) mass is 180 g/mol. The summed E-state index contributed by atoms with van der Waals surface area (Å²) in [5.41, 5.74) is 0. The molecule has 0 spiro atoms. The number of hydrogen-bond acceptors (Lipinski definition) is 2.